The summed E-state index contributed by atoms with van der Waals surface area (Å²) in [7, 11) is 0. The summed E-state index contributed by atoms with van der Waals surface area (Å²) < 4.78 is 0. The Bertz CT molecular complexity index is 613. The van der Waals surface area contributed by atoms with Crippen molar-refractivity contribution in [3.05, 3.63) is 36.4 Å². The van der Waals surface area contributed by atoms with Crippen LogP contribution in [0.4, 0.5) is 5.82 Å². The summed E-state index contributed by atoms with van der Waals surface area (Å²) in [4.78, 5) is 15.3. The molecule has 2 N–H and O–H groups in total. The van der Waals surface area contributed by atoms with Gasteiger partial charge in [0.25, 0.3) is 0 Å². The zero-order chi connectivity index (χ0) is 15.2. The fourth-order valence-electron chi connectivity index (χ4n) is 2.32. The molecule has 0 aliphatic rings. The number of hydrogen-bond donors (Lipinski definition) is 2. The number of aliphatic carboxylic acids is 1. The number of anilines is 1. The van der Waals surface area contributed by atoms with Gasteiger partial charge >= 0.3 is 5.97 Å². The van der Waals surface area contributed by atoms with E-state index in [1.807, 2.05) is 30.3 Å². The van der Waals surface area contributed by atoms with Crippen LogP contribution in [-0.4, -0.2) is 22.1 Å². The minimum Gasteiger partial charge on any atom is -0.481 e. The maximum atomic E-state index is 10.8. The minimum atomic E-state index is -0.716. The summed E-state index contributed by atoms with van der Waals surface area (Å²) in [6.07, 6.45) is 2.55. The van der Waals surface area contributed by atoms with Crippen molar-refractivity contribution >= 4 is 22.7 Å². The normalized spacial score (nSPS) is 13.8. The molecule has 0 aliphatic carbocycles. The second-order valence-electron chi connectivity index (χ2n) is 5.60. The lowest BCUT2D eigenvalue weighted by molar-refractivity contribution is -0.141. The molecule has 0 bridgehead atoms. The minimum absolute atomic E-state index is 0.268. The van der Waals surface area contributed by atoms with Crippen LogP contribution in [0.15, 0.2) is 36.4 Å². The highest BCUT2D eigenvalue weighted by molar-refractivity contribution is 5.80. The van der Waals surface area contributed by atoms with E-state index in [2.05, 4.69) is 23.3 Å². The van der Waals surface area contributed by atoms with Gasteiger partial charge in [-0.1, -0.05) is 31.5 Å². The van der Waals surface area contributed by atoms with Gasteiger partial charge in [0, 0.05) is 11.4 Å². The molecule has 2 unspecified atom stereocenters. The van der Waals surface area contributed by atoms with Gasteiger partial charge in [-0.25, -0.2) is 4.98 Å². The fraction of sp³-hybridized carbons (Fsp3) is 0.412. The average molecular weight is 286 g/mol. The van der Waals surface area contributed by atoms with Crippen molar-refractivity contribution in [1.82, 2.24) is 4.98 Å². The quantitative estimate of drug-likeness (QED) is 0.809. The summed E-state index contributed by atoms with van der Waals surface area (Å²) >= 11 is 0. The van der Waals surface area contributed by atoms with Crippen LogP contribution in [0, 0.1) is 5.92 Å². The average Bonchev–Trinajstić information content (AvgIpc) is 2.46. The Morgan fingerprint density at radius 3 is 2.71 bits per heavy atom. The number of pyridine rings is 1. The van der Waals surface area contributed by atoms with E-state index in [1.54, 1.807) is 6.92 Å². The zero-order valence-corrected chi connectivity index (χ0v) is 12.5. The van der Waals surface area contributed by atoms with E-state index < -0.39 is 5.97 Å². The van der Waals surface area contributed by atoms with Crippen molar-refractivity contribution in [3.63, 3.8) is 0 Å². The van der Waals surface area contributed by atoms with E-state index in [4.69, 9.17) is 5.11 Å². The fourth-order valence-corrected chi connectivity index (χ4v) is 2.32. The van der Waals surface area contributed by atoms with Crippen LogP contribution in [0.5, 0.6) is 0 Å². The van der Waals surface area contributed by atoms with Crippen LogP contribution in [0.1, 0.15) is 33.1 Å². The molecule has 0 saturated heterocycles. The van der Waals surface area contributed by atoms with Crippen molar-refractivity contribution in [2.45, 2.75) is 39.2 Å². The Kier molecular flexibility index (Phi) is 5.14. The van der Waals surface area contributed by atoms with Crippen molar-refractivity contribution in [2.75, 3.05) is 5.32 Å². The molecule has 0 saturated carbocycles. The lowest BCUT2D eigenvalue weighted by Crippen LogP contribution is -2.17. The molecule has 4 nitrogen and oxygen atoms in total. The molecule has 2 rings (SSSR count). The van der Waals surface area contributed by atoms with E-state index in [1.165, 1.54) is 0 Å². The van der Waals surface area contributed by atoms with Gasteiger partial charge in [-0.15, -0.1) is 0 Å². The van der Waals surface area contributed by atoms with Gasteiger partial charge in [-0.05, 0) is 38.0 Å². The van der Waals surface area contributed by atoms with Crippen LogP contribution in [-0.2, 0) is 4.79 Å². The Balaban J connectivity index is 1.86. The second-order valence-corrected chi connectivity index (χ2v) is 5.60. The number of fused-ring (bicyclic) bond motifs is 1. The number of carboxylic acids is 1. The third-order valence-corrected chi connectivity index (χ3v) is 3.69. The van der Waals surface area contributed by atoms with E-state index in [0.717, 1.165) is 29.6 Å². The molecule has 1 aromatic heterocycles. The first-order chi connectivity index (χ1) is 10.1. The van der Waals surface area contributed by atoms with Crippen LogP contribution in [0.2, 0.25) is 0 Å². The van der Waals surface area contributed by atoms with Crippen molar-refractivity contribution in [2.24, 2.45) is 5.92 Å². The Morgan fingerprint density at radius 1 is 1.19 bits per heavy atom. The highest BCUT2D eigenvalue weighted by Crippen LogP contribution is 2.17. The summed E-state index contributed by atoms with van der Waals surface area (Å²) in [6, 6.07) is 12.4. The molecule has 0 aliphatic heterocycles. The van der Waals surface area contributed by atoms with E-state index >= 15 is 0 Å². The van der Waals surface area contributed by atoms with Gasteiger partial charge < -0.3 is 10.4 Å². The maximum Gasteiger partial charge on any atom is 0.306 e. The van der Waals surface area contributed by atoms with Gasteiger partial charge in [0.2, 0.25) is 0 Å². The first-order valence-electron chi connectivity index (χ1n) is 7.41. The van der Waals surface area contributed by atoms with Gasteiger partial charge in [0.05, 0.1) is 11.4 Å². The molecule has 0 radical (unpaired) electrons. The number of carbonyl (C=O) groups is 1. The first-order valence-corrected chi connectivity index (χ1v) is 7.41. The molecule has 0 spiro atoms. The van der Waals surface area contributed by atoms with Gasteiger partial charge in [-0.3, -0.25) is 4.79 Å². The number of hydrogen-bond acceptors (Lipinski definition) is 3. The van der Waals surface area contributed by atoms with Crippen molar-refractivity contribution < 1.29 is 9.90 Å². The highest BCUT2D eigenvalue weighted by atomic mass is 16.4. The molecule has 2 atom stereocenters. The molecular weight excluding hydrogens is 264 g/mol. The lowest BCUT2D eigenvalue weighted by Gasteiger charge is -2.15. The van der Waals surface area contributed by atoms with Crippen LogP contribution in [0.3, 0.4) is 0 Å². The number of aromatic nitrogens is 1. The van der Waals surface area contributed by atoms with Gasteiger partial charge in [0.15, 0.2) is 0 Å². The molecule has 0 fully saturated rings. The molecular formula is C17H22N2O2. The zero-order valence-electron chi connectivity index (χ0n) is 12.5. The second kappa shape index (κ2) is 7.07. The van der Waals surface area contributed by atoms with Gasteiger partial charge in [-0.2, -0.15) is 0 Å². The van der Waals surface area contributed by atoms with Crippen molar-refractivity contribution in [3.8, 4) is 0 Å². The van der Waals surface area contributed by atoms with E-state index in [0.29, 0.717) is 6.42 Å². The molecule has 112 valence electrons. The lowest BCUT2D eigenvalue weighted by atomic mass is 10.0. The third-order valence-electron chi connectivity index (χ3n) is 3.69. The molecule has 21 heavy (non-hydrogen) atoms. The molecule has 4 heteroatoms. The predicted octanol–water partition coefficient (Wildman–Crippen LogP) is 3.93. The number of benzene rings is 1. The van der Waals surface area contributed by atoms with Crippen molar-refractivity contribution in [1.29, 1.82) is 0 Å². The van der Waals surface area contributed by atoms with Crippen LogP contribution in [0.25, 0.3) is 10.9 Å². The topological polar surface area (TPSA) is 62.2 Å². The van der Waals surface area contributed by atoms with Gasteiger partial charge in [0.1, 0.15) is 5.82 Å². The van der Waals surface area contributed by atoms with E-state index in [9.17, 15) is 4.79 Å². The number of carboxylic acid groups (broad SMARTS) is 1. The van der Waals surface area contributed by atoms with Crippen LogP contribution >= 0.6 is 0 Å². The number of rotatable bonds is 7. The Hall–Kier alpha value is -2.10. The highest BCUT2D eigenvalue weighted by Gasteiger charge is 2.11. The SMILES string of the molecule is CC(CCCC(C)C(=O)O)Nc1ccc2ccccc2n1. The summed E-state index contributed by atoms with van der Waals surface area (Å²) in [5, 5.41) is 13.4. The maximum absolute atomic E-state index is 10.8. The molecule has 1 aromatic carbocycles. The Morgan fingerprint density at radius 2 is 1.95 bits per heavy atom. The smallest absolute Gasteiger partial charge is 0.306 e. The van der Waals surface area contributed by atoms with E-state index in [-0.39, 0.29) is 12.0 Å². The summed E-state index contributed by atoms with van der Waals surface area (Å²) in [5.41, 5.74) is 0.981. The predicted molar refractivity (Wildman–Crippen MR) is 85.5 cm³/mol. The molecule has 0 amide bonds. The monoisotopic (exact) mass is 286 g/mol. The summed E-state index contributed by atoms with van der Waals surface area (Å²) in [5.74, 6) is -0.115. The number of nitrogens with one attached hydrogen (secondary N) is 1. The standard InChI is InChI=1S/C17H22N2O2/c1-12(17(20)21)6-5-7-13(2)18-16-11-10-14-8-3-4-9-15(14)19-16/h3-4,8-13H,5-7H2,1-2H3,(H,18,19)(H,20,21). The number of nitrogens with zero attached hydrogens (tertiary/aromatic N) is 1. The van der Waals surface area contributed by atoms with Crippen LogP contribution < -0.4 is 5.32 Å². The first kappa shape index (κ1) is 15.3. The number of para-hydroxylation sites is 1. The third kappa shape index (κ3) is 4.45. The Labute approximate surface area is 125 Å². The molecule has 1 heterocycles. The summed E-state index contributed by atoms with van der Waals surface area (Å²) in [6.45, 7) is 3.85. The largest absolute Gasteiger partial charge is 0.481 e. The molecule has 2 aromatic rings.